The van der Waals surface area contributed by atoms with Crippen LogP contribution in [0.1, 0.15) is 123 Å². The Morgan fingerprint density at radius 1 is 0.796 bits per heavy atom. The van der Waals surface area contributed by atoms with Crippen LogP contribution in [0.5, 0.6) is 0 Å². The number of hydrogen-bond donors (Lipinski definition) is 0. The normalized spacial score (nSPS) is 15.5. The van der Waals surface area contributed by atoms with Crippen LogP contribution in [0, 0.1) is 19.9 Å². The van der Waals surface area contributed by atoms with Gasteiger partial charge in [0.1, 0.15) is 0 Å². The SMILES string of the molecule is CC1=[C-]C(C)(C)c2cc3c(cc21)-c1cc2c(cc1C3)C(C)(C)C=C2C.Cc1cc(C(C)C)c(C)[cH-]1.FC(F)(F)c1ccc([CH]=[Zr+2])cc1.[Cl-].[Cl-]. The molecule has 0 fully saturated rings. The minimum atomic E-state index is -4.22. The summed E-state index contributed by atoms with van der Waals surface area (Å²) in [4.78, 5) is 0. The maximum Gasteiger partial charge on any atom is -1.00 e. The van der Waals surface area contributed by atoms with Crippen molar-refractivity contribution < 1.29 is 62.2 Å². The van der Waals surface area contributed by atoms with E-state index in [2.05, 4.69) is 118 Å². The third kappa shape index (κ3) is 8.40. The van der Waals surface area contributed by atoms with Crippen molar-refractivity contribution in [2.75, 3.05) is 0 Å². The summed E-state index contributed by atoms with van der Waals surface area (Å²) in [6, 6.07) is 19.5. The van der Waals surface area contributed by atoms with Crippen molar-refractivity contribution in [2.45, 2.75) is 98.6 Å². The Hall–Kier alpha value is -2.39. The van der Waals surface area contributed by atoms with E-state index in [9.17, 15) is 13.2 Å². The van der Waals surface area contributed by atoms with E-state index < -0.39 is 11.7 Å². The van der Waals surface area contributed by atoms with Crippen molar-refractivity contribution in [3.8, 4) is 11.1 Å². The molecule has 0 aliphatic heterocycles. The summed E-state index contributed by atoms with van der Waals surface area (Å²) in [5.74, 6) is 0.675. The molecule has 0 heterocycles. The Labute approximate surface area is 318 Å². The molecule has 49 heavy (non-hydrogen) atoms. The maximum absolute atomic E-state index is 12.0. The number of aryl methyl sites for hydroxylation is 2. The van der Waals surface area contributed by atoms with Gasteiger partial charge in [-0.2, -0.15) is 28.3 Å². The molecule has 4 aromatic rings. The second-order valence-corrected chi connectivity index (χ2v) is 15.5. The summed E-state index contributed by atoms with van der Waals surface area (Å²) in [5, 5.41) is 0. The summed E-state index contributed by atoms with van der Waals surface area (Å²) in [6.45, 7) is 22.5. The van der Waals surface area contributed by atoms with Crippen molar-refractivity contribution in [1.82, 2.24) is 0 Å². The van der Waals surface area contributed by atoms with Gasteiger partial charge in [-0.1, -0.05) is 91.9 Å². The van der Waals surface area contributed by atoms with Crippen molar-refractivity contribution in [3.63, 3.8) is 0 Å². The molecule has 6 heteroatoms. The average Bonchev–Trinajstić information content (AvgIpc) is 3.65. The molecule has 0 bridgehead atoms. The molecule has 3 aliphatic rings. The van der Waals surface area contributed by atoms with Gasteiger partial charge >= 0.3 is 82.7 Å². The van der Waals surface area contributed by atoms with E-state index >= 15 is 0 Å². The molecule has 7 rings (SSSR count). The zero-order valence-electron chi connectivity index (χ0n) is 30.1. The van der Waals surface area contributed by atoms with Crippen molar-refractivity contribution in [3.05, 3.63) is 134 Å². The zero-order chi connectivity index (χ0) is 34.6. The second kappa shape index (κ2) is 15.1. The second-order valence-electron chi connectivity index (χ2n) is 14.8. The first-order chi connectivity index (χ1) is 21.8. The minimum absolute atomic E-state index is 0. The zero-order valence-corrected chi connectivity index (χ0v) is 34.1. The number of hydrogen-bond acceptors (Lipinski definition) is 0. The summed E-state index contributed by atoms with van der Waals surface area (Å²) in [6.07, 6.45) is 2.91. The van der Waals surface area contributed by atoms with E-state index in [-0.39, 0.29) is 35.6 Å². The van der Waals surface area contributed by atoms with Crippen LogP contribution in [0.4, 0.5) is 13.2 Å². The molecule has 0 amide bonds. The van der Waals surface area contributed by atoms with Crippen LogP contribution in [0.2, 0.25) is 0 Å². The van der Waals surface area contributed by atoms with Crippen LogP contribution in [-0.2, 0) is 47.7 Å². The van der Waals surface area contributed by atoms with Gasteiger partial charge in [0.25, 0.3) is 0 Å². The van der Waals surface area contributed by atoms with Gasteiger partial charge in [-0.3, -0.25) is 6.08 Å². The maximum atomic E-state index is 12.0. The van der Waals surface area contributed by atoms with E-state index in [1.54, 1.807) is 0 Å². The molecule has 0 saturated heterocycles. The van der Waals surface area contributed by atoms with Crippen LogP contribution in [0.3, 0.4) is 0 Å². The first-order valence-electron chi connectivity index (χ1n) is 16.4. The molecule has 0 saturated carbocycles. The largest absolute Gasteiger partial charge is 1.00 e. The van der Waals surface area contributed by atoms with Crippen LogP contribution in [0.15, 0.2) is 66.7 Å². The monoisotopic (exact) mass is 778 g/mol. The third-order valence-electron chi connectivity index (χ3n) is 9.74. The molecule has 0 atom stereocenters. The fourth-order valence-corrected chi connectivity index (χ4v) is 7.96. The van der Waals surface area contributed by atoms with Gasteiger partial charge in [-0.25, -0.2) is 11.6 Å². The van der Waals surface area contributed by atoms with Gasteiger partial charge in [-0.05, 0) is 58.4 Å². The van der Waals surface area contributed by atoms with E-state index in [0.29, 0.717) is 5.92 Å². The van der Waals surface area contributed by atoms with Crippen LogP contribution >= 0.6 is 0 Å². The molecule has 0 unspecified atom stereocenters. The standard InChI is InChI=1S/C25H25.C10H15.C8H5F3.2ClH.Zr/c1-14-12-24(3,4)22-8-16-7-17-9-23-19(15(2)13-25(23,5)6)11-21(17)20(16)10-18(14)22;1-7(2)10-6-8(3)5-9(10)4;1-6-2-4-7(5-3-6)8(9,10)11;;;/h8-12H,7H2,1-6H3;5-7H,1-4H3;1-5H;2*1H;/q2*-1;;;;+2/p-2. The number of halogens is 5. The smallest absolute Gasteiger partial charge is 1.00 e. The summed E-state index contributed by atoms with van der Waals surface area (Å²) >= 11 is 1.18. The number of fused-ring (bicyclic) bond motifs is 5. The first-order valence-corrected chi connectivity index (χ1v) is 17.8. The Morgan fingerprint density at radius 3 is 1.82 bits per heavy atom. The molecule has 258 valence electrons. The molecule has 3 aliphatic carbocycles. The van der Waals surface area contributed by atoms with Crippen LogP contribution in [0.25, 0.3) is 22.3 Å². The van der Waals surface area contributed by atoms with Crippen LogP contribution in [-0.4, -0.2) is 3.71 Å². The average molecular weight is 781 g/mol. The number of rotatable bonds is 2. The topological polar surface area (TPSA) is 0 Å². The van der Waals surface area contributed by atoms with E-state index in [1.165, 1.54) is 109 Å². The summed E-state index contributed by atoms with van der Waals surface area (Å²) < 4.78 is 37.9. The number of benzene rings is 3. The third-order valence-corrected chi connectivity index (χ3v) is 10.6. The fraction of sp³-hybridized carbons (Fsp3) is 0.349. The minimum Gasteiger partial charge on any atom is -1.00 e. The first kappa shape index (κ1) is 41.0. The van der Waals surface area contributed by atoms with E-state index in [0.717, 1.165) is 24.1 Å². The molecular formula is C43H45Cl2F3Zr-2. The predicted octanol–water partition coefficient (Wildman–Crippen LogP) is 6.01. The van der Waals surface area contributed by atoms with Gasteiger partial charge < -0.3 is 24.8 Å². The Bertz CT molecular complexity index is 1830. The Balaban J connectivity index is 0.000000228. The molecular weight excluding hydrogens is 736 g/mol. The van der Waals surface area contributed by atoms with Gasteiger partial charge in [0, 0.05) is 5.41 Å². The van der Waals surface area contributed by atoms with Crippen molar-refractivity contribution in [1.29, 1.82) is 0 Å². The Morgan fingerprint density at radius 2 is 1.35 bits per heavy atom. The van der Waals surface area contributed by atoms with Gasteiger partial charge in [0.2, 0.25) is 0 Å². The fourth-order valence-electron chi connectivity index (χ4n) is 7.49. The van der Waals surface area contributed by atoms with Gasteiger partial charge in [0.15, 0.2) is 0 Å². The molecule has 0 aromatic heterocycles. The number of alkyl halides is 3. The quantitative estimate of drug-likeness (QED) is 0.193. The summed E-state index contributed by atoms with van der Waals surface area (Å²) in [5.41, 5.74) is 19.1. The van der Waals surface area contributed by atoms with Crippen LogP contribution < -0.4 is 24.8 Å². The molecule has 0 radical (unpaired) electrons. The molecule has 0 nitrogen and oxygen atoms in total. The molecule has 0 N–H and O–H groups in total. The van der Waals surface area contributed by atoms with Crippen molar-refractivity contribution >= 4 is 14.9 Å². The number of allylic oxidation sites excluding steroid dienone is 4. The van der Waals surface area contributed by atoms with Gasteiger partial charge in [0.05, 0.1) is 0 Å². The van der Waals surface area contributed by atoms with E-state index in [1.807, 2.05) is 3.71 Å². The Kier molecular flexibility index (Phi) is 12.6. The predicted molar refractivity (Wildman–Crippen MR) is 189 cm³/mol. The summed E-state index contributed by atoms with van der Waals surface area (Å²) in [7, 11) is 0. The van der Waals surface area contributed by atoms with E-state index in [4.69, 9.17) is 0 Å². The van der Waals surface area contributed by atoms with Crippen molar-refractivity contribution in [2.24, 2.45) is 0 Å². The molecule has 0 spiro atoms. The van der Waals surface area contributed by atoms with Gasteiger partial charge in [-0.15, -0.1) is 11.6 Å². The molecule has 4 aromatic carbocycles.